The van der Waals surface area contributed by atoms with Gasteiger partial charge in [0.2, 0.25) is 0 Å². The minimum absolute atomic E-state index is 1.01. The van der Waals surface area contributed by atoms with Gasteiger partial charge in [0.25, 0.3) is 0 Å². The van der Waals surface area contributed by atoms with Gasteiger partial charge in [-0.05, 0) is 25.1 Å². The van der Waals surface area contributed by atoms with E-state index in [-0.39, 0.29) is 0 Å². The Morgan fingerprint density at radius 2 is 2.30 bits per heavy atom. The highest BCUT2D eigenvalue weighted by molar-refractivity contribution is 5.40. The predicted octanol–water partition coefficient (Wildman–Crippen LogP) is 1.64. The van der Waals surface area contributed by atoms with Gasteiger partial charge >= 0.3 is 0 Å². The molecule has 0 unspecified atom stereocenters. The molecule has 2 heteroatoms. The molecule has 0 radical (unpaired) electrons. The Labute approximate surface area is 59.1 Å². The topological polar surface area (TPSA) is 17.3 Å². The van der Waals surface area contributed by atoms with Gasteiger partial charge in [-0.25, -0.2) is 4.98 Å². The summed E-state index contributed by atoms with van der Waals surface area (Å²) in [6.07, 6.45) is 3.81. The monoisotopic (exact) mass is 132 g/mol. The average molecular weight is 132 g/mol. The van der Waals surface area contributed by atoms with Crippen molar-refractivity contribution in [3.63, 3.8) is 0 Å². The van der Waals surface area contributed by atoms with Crippen LogP contribution in [0.15, 0.2) is 30.6 Å². The van der Waals surface area contributed by atoms with E-state index >= 15 is 0 Å². The SMILES string of the molecule is Cc1ccc2ncccn12. The van der Waals surface area contributed by atoms with Crippen LogP contribution in [-0.2, 0) is 0 Å². The van der Waals surface area contributed by atoms with Crippen LogP contribution in [0, 0.1) is 6.92 Å². The zero-order valence-corrected chi connectivity index (χ0v) is 5.78. The Morgan fingerprint density at radius 1 is 1.40 bits per heavy atom. The van der Waals surface area contributed by atoms with Crippen molar-refractivity contribution in [3.8, 4) is 0 Å². The Hall–Kier alpha value is -1.31. The van der Waals surface area contributed by atoms with Crippen LogP contribution in [-0.4, -0.2) is 9.38 Å². The maximum atomic E-state index is 4.16. The van der Waals surface area contributed by atoms with E-state index in [1.165, 1.54) is 5.69 Å². The lowest BCUT2D eigenvalue weighted by Gasteiger charge is -1.92. The first-order valence-electron chi connectivity index (χ1n) is 3.26. The molecular weight excluding hydrogens is 124 g/mol. The number of hydrogen-bond acceptors (Lipinski definition) is 1. The standard InChI is InChI=1S/C8H8N2/c1-7-3-4-8-9-5-2-6-10(7)8/h2-6H,1H3. The molecule has 0 fully saturated rings. The highest BCUT2D eigenvalue weighted by Crippen LogP contribution is 2.04. The predicted molar refractivity (Wildman–Crippen MR) is 39.9 cm³/mol. The Kier molecular flexibility index (Phi) is 1.01. The minimum atomic E-state index is 1.01. The van der Waals surface area contributed by atoms with E-state index in [0.717, 1.165) is 5.65 Å². The zero-order chi connectivity index (χ0) is 6.97. The maximum absolute atomic E-state index is 4.16. The molecule has 0 saturated heterocycles. The molecule has 0 aliphatic rings. The summed E-state index contributed by atoms with van der Waals surface area (Å²) >= 11 is 0. The quantitative estimate of drug-likeness (QED) is 0.532. The van der Waals surface area contributed by atoms with Crippen LogP contribution in [0.3, 0.4) is 0 Å². The fourth-order valence-electron chi connectivity index (χ4n) is 1.08. The molecule has 0 aliphatic carbocycles. The lowest BCUT2D eigenvalue weighted by Crippen LogP contribution is -1.86. The summed E-state index contributed by atoms with van der Waals surface area (Å²) in [7, 11) is 0. The highest BCUT2D eigenvalue weighted by atomic mass is 15.0. The first-order chi connectivity index (χ1) is 4.88. The summed E-state index contributed by atoms with van der Waals surface area (Å²) in [5.41, 5.74) is 2.24. The normalized spacial score (nSPS) is 10.5. The van der Waals surface area contributed by atoms with Crippen LogP contribution >= 0.6 is 0 Å². The molecule has 2 aromatic heterocycles. The first kappa shape index (κ1) is 5.47. The lowest BCUT2D eigenvalue weighted by atomic mass is 10.5. The molecule has 0 bridgehead atoms. The van der Waals surface area contributed by atoms with E-state index in [4.69, 9.17) is 0 Å². The third kappa shape index (κ3) is 0.620. The fraction of sp³-hybridized carbons (Fsp3) is 0.125. The molecule has 0 aromatic carbocycles. The largest absolute Gasteiger partial charge is 0.306 e. The van der Waals surface area contributed by atoms with Crippen molar-refractivity contribution in [1.82, 2.24) is 9.38 Å². The molecule has 0 aliphatic heterocycles. The van der Waals surface area contributed by atoms with E-state index in [9.17, 15) is 0 Å². The van der Waals surface area contributed by atoms with Crippen molar-refractivity contribution >= 4 is 5.65 Å². The van der Waals surface area contributed by atoms with Crippen LogP contribution in [0.25, 0.3) is 5.65 Å². The average Bonchev–Trinajstić information content (AvgIpc) is 2.34. The molecule has 0 atom stereocenters. The van der Waals surface area contributed by atoms with Crippen molar-refractivity contribution in [2.45, 2.75) is 6.92 Å². The molecule has 2 aromatic rings. The van der Waals surface area contributed by atoms with Crippen molar-refractivity contribution in [2.75, 3.05) is 0 Å². The summed E-state index contributed by atoms with van der Waals surface area (Å²) in [5, 5.41) is 0. The van der Waals surface area contributed by atoms with Gasteiger partial charge in [0, 0.05) is 18.1 Å². The maximum Gasteiger partial charge on any atom is 0.136 e. The summed E-state index contributed by atoms with van der Waals surface area (Å²) < 4.78 is 2.06. The molecule has 2 rings (SSSR count). The van der Waals surface area contributed by atoms with Crippen molar-refractivity contribution in [1.29, 1.82) is 0 Å². The van der Waals surface area contributed by atoms with E-state index in [0.29, 0.717) is 0 Å². The van der Waals surface area contributed by atoms with Crippen LogP contribution in [0.1, 0.15) is 5.69 Å². The minimum Gasteiger partial charge on any atom is -0.306 e. The molecule has 50 valence electrons. The van der Waals surface area contributed by atoms with E-state index in [2.05, 4.69) is 22.4 Å². The first-order valence-corrected chi connectivity index (χ1v) is 3.26. The van der Waals surface area contributed by atoms with Crippen LogP contribution in [0.5, 0.6) is 0 Å². The molecule has 0 saturated carbocycles. The molecular formula is C8H8N2. The molecule has 0 spiro atoms. The Morgan fingerprint density at radius 3 is 3.10 bits per heavy atom. The van der Waals surface area contributed by atoms with E-state index in [1.807, 2.05) is 18.3 Å². The van der Waals surface area contributed by atoms with Gasteiger partial charge in [0.15, 0.2) is 0 Å². The van der Waals surface area contributed by atoms with Crippen molar-refractivity contribution in [3.05, 3.63) is 36.3 Å². The van der Waals surface area contributed by atoms with E-state index in [1.54, 1.807) is 6.20 Å². The van der Waals surface area contributed by atoms with Gasteiger partial charge in [0.1, 0.15) is 5.65 Å². The number of aryl methyl sites for hydroxylation is 1. The Balaban J connectivity index is 2.93. The Bertz CT molecular complexity index is 349. The van der Waals surface area contributed by atoms with Crippen LogP contribution in [0.2, 0.25) is 0 Å². The number of aromatic nitrogens is 2. The van der Waals surface area contributed by atoms with Crippen molar-refractivity contribution in [2.24, 2.45) is 0 Å². The lowest BCUT2D eigenvalue weighted by molar-refractivity contribution is 1.07. The zero-order valence-electron chi connectivity index (χ0n) is 5.78. The summed E-state index contributed by atoms with van der Waals surface area (Å²) in [4.78, 5) is 4.16. The van der Waals surface area contributed by atoms with E-state index < -0.39 is 0 Å². The van der Waals surface area contributed by atoms with Crippen molar-refractivity contribution < 1.29 is 0 Å². The summed E-state index contributed by atoms with van der Waals surface area (Å²) in [5.74, 6) is 0. The third-order valence-corrected chi connectivity index (χ3v) is 1.63. The molecule has 2 nitrogen and oxygen atoms in total. The van der Waals surface area contributed by atoms with Gasteiger partial charge in [-0.1, -0.05) is 0 Å². The number of hydrogen-bond donors (Lipinski definition) is 0. The third-order valence-electron chi connectivity index (χ3n) is 1.63. The van der Waals surface area contributed by atoms with Gasteiger partial charge in [-0.3, -0.25) is 0 Å². The summed E-state index contributed by atoms with van der Waals surface area (Å²) in [6.45, 7) is 2.06. The van der Waals surface area contributed by atoms with Crippen LogP contribution < -0.4 is 0 Å². The number of nitrogens with zero attached hydrogens (tertiary/aromatic N) is 2. The second kappa shape index (κ2) is 1.84. The summed E-state index contributed by atoms with van der Waals surface area (Å²) in [6, 6.07) is 6.00. The van der Waals surface area contributed by atoms with Crippen LogP contribution in [0.4, 0.5) is 0 Å². The van der Waals surface area contributed by atoms with Gasteiger partial charge in [-0.2, -0.15) is 0 Å². The molecule has 10 heavy (non-hydrogen) atoms. The van der Waals surface area contributed by atoms with Gasteiger partial charge in [-0.15, -0.1) is 0 Å². The van der Waals surface area contributed by atoms with Gasteiger partial charge in [0.05, 0.1) is 0 Å². The highest BCUT2D eigenvalue weighted by Gasteiger charge is 1.92. The second-order valence-corrected chi connectivity index (χ2v) is 2.32. The fourth-order valence-corrected chi connectivity index (χ4v) is 1.08. The number of fused-ring (bicyclic) bond motifs is 1. The smallest absolute Gasteiger partial charge is 0.136 e. The molecule has 2 heterocycles. The second-order valence-electron chi connectivity index (χ2n) is 2.32. The molecule has 0 N–H and O–H groups in total. The number of rotatable bonds is 0. The molecule has 0 amide bonds. The van der Waals surface area contributed by atoms with Gasteiger partial charge < -0.3 is 4.40 Å².